The van der Waals surface area contributed by atoms with Gasteiger partial charge in [-0.1, -0.05) is 32.1 Å². The van der Waals surface area contributed by atoms with E-state index in [2.05, 4.69) is 48.2 Å². The van der Waals surface area contributed by atoms with E-state index < -0.39 is 0 Å². The number of hydrogen-bond acceptors (Lipinski definition) is 6. The molecule has 104 valence electrons. The molecule has 6 heteroatoms. The Labute approximate surface area is 122 Å². The summed E-state index contributed by atoms with van der Waals surface area (Å²) in [7, 11) is 0. The van der Waals surface area contributed by atoms with E-state index >= 15 is 0 Å². The van der Waals surface area contributed by atoms with Crippen LogP contribution in [0.25, 0.3) is 9.88 Å². The second kappa shape index (κ2) is 5.96. The highest BCUT2D eigenvalue weighted by Crippen LogP contribution is 2.37. The second-order valence-corrected chi connectivity index (χ2v) is 7.15. The summed E-state index contributed by atoms with van der Waals surface area (Å²) in [5.41, 5.74) is 1.13. The average Bonchev–Trinajstić information content (AvgIpc) is 2.95. The minimum Gasteiger partial charge on any atom is -0.358 e. The van der Waals surface area contributed by atoms with E-state index in [1.165, 1.54) is 4.88 Å². The molecule has 1 unspecified atom stereocenters. The molecule has 0 saturated heterocycles. The van der Waals surface area contributed by atoms with Gasteiger partial charge in [-0.25, -0.2) is 4.98 Å². The molecule has 1 atom stereocenters. The molecule has 0 radical (unpaired) electrons. The number of anilines is 1. The first-order chi connectivity index (χ1) is 9.01. The Balaban J connectivity index is 2.27. The van der Waals surface area contributed by atoms with Crippen molar-refractivity contribution in [3.8, 4) is 9.88 Å². The van der Waals surface area contributed by atoms with Gasteiger partial charge in [-0.3, -0.25) is 0 Å². The van der Waals surface area contributed by atoms with Crippen LogP contribution in [0.5, 0.6) is 0 Å². The fourth-order valence-corrected chi connectivity index (χ4v) is 3.68. The average molecular weight is 296 g/mol. The van der Waals surface area contributed by atoms with Crippen molar-refractivity contribution >= 4 is 27.8 Å². The fourth-order valence-electron chi connectivity index (χ4n) is 1.67. The number of rotatable bonds is 5. The van der Waals surface area contributed by atoms with Crippen molar-refractivity contribution in [2.75, 3.05) is 5.32 Å². The van der Waals surface area contributed by atoms with E-state index in [9.17, 15) is 0 Å². The van der Waals surface area contributed by atoms with Gasteiger partial charge in [-0.15, -0.1) is 21.5 Å². The van der Waals surface area contributed by atoms with Crippen LogP contribution in [0.15, 0.2) is 0 Å². The number of aromatic nitrogens is 3. The molecule has 0 fully saturated rings. The number of nitrogens with zero attached hydrogens (tertiary/aromatic N) is 3. The van der Waals surface area contributed by atoms with Gasteiger partial charge in [0.1, 0.15) is 0 Å². The van der Waals surface area contributed by atoms with Gasteiger partial charge in [0.25, 0.3) is 0 Å². The summed E-state index contributed by atoms with van der Waals surface area (Å²) in [6.07, 6.45) is 1.08. The molecular weight excluding hydrogens is 276 g/mol. The monoisotopic (exact) mass is 296 g/mol. The zero-order chi connectivity index (χ0) is 14.0. The summed E-state index contributed by atoms with van der Waals surface area (Å²) in [4.78, 5) is 5.78. The first-order valence-electron chi connectivity index (χ1n) is 6.59. The molecule has 2 aromatic heterocycles. The Morgan fingerprint density at radius 1 is 1.16 bits per heavy atom. The summed E-state index contributed by atoms with van der Waals surface area (Å²) in [6.45, 7) is 10.7. The van der Waals surface area contributed by atoms with Gasteiger partial charge in [0, 0.05) is 6.04 Å². The number of nitrogens with one attached hydrogen (secondary N) is 1. The SMILES string of the molecule is CCC(C)Nc1nnc(-c2sc(C)nc2C(C)C)s1. The normalized spacial score (nSPS) is 12.9. The summed E-state index contributed by atoms with van der Waals surface area (Å²) in [5, 5.41) is 14.9. The van der Waals surface area contributed by atoms with Crippen molar-refractivity contribution in [2.24, 2.45) is 0 Å². The van der Waals surface area contributed by atoms with Crippen LogP contribution in [-0.2, 0) is 0 Å². The van der Waals surface area contributed by atoms with Crippen molar-refractivity contribution in [1.29, 1.82) is 0 Å². The number of hydrogen-bond donors (Lipinski definition) is 1. The van der Waals surface area contributed by atoms with Crippen LogP contribution in [-0.4, -0.2) is 21.2 Å². The molecule has 2 heterocycles. The third-order valence-corrected chi connectivity index (χ3v) is 4.90. The Kier molecular flexibility index (Phi) is 4.52. The van der Waals surface area contributed by atoms with Crippen molar-refractivity contribution in [2.45, 2.75) is 53.0 Å². The molecule has 0 amide bonds. The van der Waals surface area contributed by atoms with Crippen molar-refractivity contribution < 1.29 is 0 Å². The number of thiazole rings is 1. The Bertz CT molecular complexity index is 545. The van der Waals surface area contributed by atoms with Gasteiger partial charge in [-0.05, 0) is 26.2 Å². The lowest BCUT2D eigenvalue weighted by molar-refractivity contribution is 0.760. The van der Waals surface area contributed by atoms with Gasteiger partial charge in [0.2, 0.25) is 5.13 Å². The molecule has 0 aromatic carbocycles. The molecule has 19 heavy (non-hydrogen) atoms. The minimum absolute atomic E-state index is 0.412. The van der Waals surface area contributed by atoms with E-state index in [1.54, 1.807) is 22.7 Å². The highest BCUT2D eigenvalue weighted by Gasteiger charge is 2.18. The van der Waals surface area contributed by atoms with Gasteiger partial charge in [0.15, 0.2) is 5.01 Å². The number of aryl methyl sites for hydroxylation is 1. The Morgan fingerprint density at radius 2 is 1.89 bits per heavy atom. The van der Waals surface area contributed by atoms with Gasteiger partial charge >= 0.3 is 0 Å². The van der Waals surface area contributed by atoms with Gasteiger partial charge in [0.05, 0.1) is 15.6 Å². The molecule has 0 saturated carbocycles. The summed E-state index contributed by atoms with van der Waals surface area (Å²) in [5.74, 6) is 0.412. The van der Waals surface area contributed by atoms with Gasteiger partial charge < -0.3 is 5.32 Å². The lowest BCUT2D eigenvalue weighted by atomic mass is 10.1. The van der Waals surface area contributed by atoms with Crippen molar-refractivity contribution in [3.05, 3.63) is 10.7 Å². The maximum atomic E-state index is 4.61. The summed E-state index contributed by atoms with van der Waals surface area (Å²) < 4.78 is 0. The maximum absolute atomic E-state index is 4.61. The molecule has 4 nitrogen and oxygen atoms in total. The van der Waals surface area contributed by atoms with Gasteiger partial charge in [-0.2, -0.15) is 0 Å². The van der Waals surface area contributed by atoms with Crippen LogP contribution in [0.1, 0.15) is 50.7 Å². The van der Waals surface area contributed by atoms with E-state index in [-0.39, 0.29) is 0 Å². The van der Waals surface area contributed by atoms with E-state index in [0.29, 0.717) is 12.0 Å². The van der Waals surface area contributed by atoms with Crippen LogP contribution in [0.3, 0.4) is 0 Å². The van der Waals surface area contributed by atoms with Crippen LogP contribution < -0.4 is 5.32 Å². The predicted molar refractivity (Wildman–Crippen MR) is 83.2 cm³/mol. The molecular formula is C13H20N4S2. The minimum atomic E-state index is 0.412. The molecule has 0 bridgehead atoms. The first-order valence-corrected chi connectivity index (χ1v) is 8.22. The topological polar surface area (TPSA) is 50.7 Å². The highest BCUT2D eigenvalue weighted by molar-refractivity contribution is 7.23. The van der Waals surface area contributed by atoms with Crippen LogP contribution in [0.4, 0.5) is 5.13 Å². The Morgan fingerprint density at radius 3 is 2.53 bits per heavy atom. The van der Waals surface area contributed by atoms with Crippen LogP contribution in [0.2, 0.25) is 0 Å². The summed E-state index contributed by atoms with van der Waals surface area (Å²) in [6, 6.07) is 0.425. The molecule has 2 rings (SSSR count). The quantitative estimate of drug-likeness (QED) is 0.893. The molecule has 0 aliphatic heterocycles. The zero-order valence-electron chi connectivity index (χ0n) is 12.0. The first kappa shape index (κ1) is 14.4. The van der Waals surface area contributed by atoms with Crippen molar-refractivity contribution in [1.82, 2.24) is 15.2 Å². The molecule has 0 aliphatic carbocycles. The zero-order valence-corrected chi connectivity index (χ0v) is 13.7. The van der Waals surface area contributed by atoms with Crippen molar-refractivity contribution in [3.63, 3.8) is 0 Å². The third-order valence-electron chi connectivity index (χ3n) is 2.91. The van der Waals surface area contributed by atoms with E-state index in [0.717, 1.165) is 27.3 Å². The largest absolute Gasteiger partial charge is 0.358 e. The second-order valence-electron chi connectivity index (χ2n) is 4.97. The maximum Gasteiger partial charge on any atom is 0.206 e. The molecule has 2 aromatic rings. The highest BCUT2D eigenvalue weighted by atomic mass is 32.1. The predicted octanol–water partition coefficient (Wildman–Crippen LogP) is 4.30. The fraction of sp³-hybridized carbons (Fsp3) is 0.615. The van der Waals surface area contributed by atoms with Crippen LogP contribution in [0, 0.1) is 6.92 Å². The molecule has 0 aliphatic rings. The Hall–Kier alpha value is -1.01. The lowest BCUT2D eigenvalue weighted by Crippen LogP contribution is -2.12. The molecule has 0 spiro atoms. The third kappa shape index (κ3) is 3.30. The lowest BCUT2D eigenvalue weighted by Gasteiger charge is -2.07. The smallest absolute Gasteiger partial charge is 0.206 e. The van der Waals surface area contributed by atoms with E-state index in [4.69, 9.17) is 0 Å². The van der Waals surface area contributed by atoms with E-state index in [1.807, 2.05) is 6.92 Å². The summed E-state index contributed by atoms with van der Waals surface area (Å²) >= 11 is 3.31. The standard InChI is InChI=1S/C13H20N4S2/c1-6-8(4)14-13-17-16-12(19-13)11-10(7(2)3)15-9(5)18-11/h7-8H,6H2,1-5H3,(H,14,17). The van der Waals surface area contributed by atoms with Crippen LogP contribution >= 0.6 is 22.7 Å². The molecule has 1 N–H and O–H groups in total.